The third kappa shape index (κ3) is 4.09. The first-order valence-electron chi connectivity index (χ1n) is 6.67. The molecule has 1 atom stereocenters. The molecule has 1 N–H and O–H groups in total. The molecule has 0 bridgehead atoms. The van der Waals surface area contributed by atoms with E-state index < -0.39 is 6.10 Å². The van der Waals surface area contributed by atoms with E-state index in [2.05, 4.69) is 4.98 Å². The van der Waals surface area contributed by atoms with Crippen molar-refractivity contribution in [3.63, 3.8) is 0 Å². The van der Waals surface area contributed by atoms with Crippen LogP contribution in [0.2, 0.25) is 5.02 Å². The molecule has 2 rings (SSSR count). The molecular formula is C16H19ClN2O2. The topological polar surface area (TPSA) is 47.3 Å². The van der Waals surface area contributed by atoms with Crippen molar-refractivity contribution in [2.45, 2.75) is 26.9 Å². The van der Waals surface area contributed by atoms with Crippen molar-refractivity contribution in [3.05, 3.63) is 53.8 Å². The summed E-state index contributed by atoms with van der Waals surface area (Å²) < 4.78 is 7.56. The van der Waals surface area contributed by atoms with Gasteiger partial charge in [-0.2, -0.15) is 0 Å². The number of hydrogen-bond donors (Lipinski definition) is 1. The summed E-state index contributed by atoms with van der Waals surface area (Å²) >= 11 is 6.12. The molecule has 1 aromatic carbocycles. The number of aliphatic hydroxyl groups excluding tert-OH is 1. The van der Waals surface area contributed by atoms with Crippen LogP contribution in [0.3, 0.4) is 0 Å². The lowest BCUT2D eigenvalue weighted by Crippen LogP contribution is -2.30. The molecule has 0 saturated heterocycles. The third-order valence-corrected chi connectivity index (χ3v) is 3.27. The van der Waals surface area contributed by atoms with Crippen molar-refractivity contribution in [3.8, 4) is 5.75 Å². The molecule has 0 aliphatic rings. The van der Waals surface area contributed by atoms with E-state index in [1.807, 2.05) is 32.9 Å². The van der Waals surface area contributed by atoms with Crippen LogP contribution < -0.4 is 4.74 Å². The summed E-state index contributed by atoms with van der Waals surface area (Å²) in [7, 11) is 0. The van der Waals surface area contributed by atoms with Crippen molar-refractivity contribution < 1.29 is 9.84 Å². The second-order valence-electron chi connectivity index (χ2n) is 5.84. The van der Waals surface area contributed by atoms with Crippen molar-refractivity contribution in [1.29, 1.82) is 0 Å². The van der Waals surface area contributed by atoms with Gasteiger partial charge in [0.15, 0.2) is 0 Å². The van der Waals surface area contributed by atoms with Crippen LogP contribution in [0, 0.1) is 5.41 Å². The van der Waals surface area contributed by atoms with E-state index in [0.29, 0.717) is 16.5 Å². The Hall–Kier alpha value is -1.78. The summed E-state index contributed by atoms with van der Waals surface area (Å²) in [6.45, 7) is 5.82. The van der Waals surface area contributed by atoms with E-state index in [0.717, 1.165) is 0 Å². The quantitative estimate of drug-likeness (QED) is 0.874. The Balaban J connectivity index is 2.35. The molecular weight excluding hydrogens is 288 g/mol. The lowest BCUT2D eigenvalue weighted by molar-refractivity contribution is 0.0637. The molecule has 4 nitrogen and oxygen atoms in total. The van der Waals surface area contributed by atoms with Gasteiger partial charge in [-0.15, -0.1) is 0 Å². The number of halogens is 1. The fourth-order valence-corrected chi connectivity index (χ4v) is 1.90. The summed E-state index contributed by atoms with van der Waals surface area (Å²) in [6.07, 6.45) is 5.98. The fourth-order valence-electron chi connectivity index (χ4n) is 1.73. The zero-order chi connectivity index (χ0) is 15.5. The Morgan fingerprint density at radius 1 is 1.38 bits per heavy atom. The monoisotopic (exact) mass is 306 g/mol. The molecule has 0 radical (unpaired) electrons. The Bertz CT molecular complexity index is 615. The van der Waals surface area contributed by atoms with Gasteiger partial charge in [0, 0.05) is 12.4 Å². The van der Waals surface area contributed by atoms with Crippen LogP contribution in [0.4, 0.5) is 0 Å². The summed E-state index contributed by atoms with van der Waals surface area (Å²) in [5.74, 6) is 0.919. The molecule has 1 heterocycles. The number of imidazole rings is 1. The lowest BCUT2D eigenvalue weighted by atomic mass is 9.88. The smallest absolute Gasteiger partial charge is 0.150 e. The number of rotatable bonds is 4. The number of aromatic nitrogens is 2. The molecule has 1 aromatic heterocycles. The van der Waals surface area contributed by atoms with E-state index in [9.17, 15) is 5.11 Å². The van der Waals surface area contributed by atoms with Crippen LogP contribution in [-0.4, -0.2) is 20.8 Å². The highest BCUT2D eigenvalue weighted by Gasteiger charge is 2.28. The number of hydrogen-bond acceptors (Lipinski definition) is 3. The molecule has 1 unspecified atom stereocenters. The normalized spacial score (nSPS) is 14.0. The predicted molar refractivity (Wildman–Crippen MR) is 84.0 cm³/mol. The minimum Gasteiger partial charge on any atom is -0.456 e. The molecule has 112 valence electrons. The third-order valence-electron chi connectivity index (χ3n) is 2.96. The van der Waals surface area contributed by atoms with Crippen molar-refractivity contribution in [1.82, 2.24) is 9.55 Å². The molecule has 2 aromatic rings. The van der Waals surface area contributed by atoms with Gasteiger partial charge in [0.1, 0.15) is 17.6 Å². The summed E-state index contributed by atoms with van der Waals surface area (Å²) in [5.41, 5.74) is -0.367. The number of aliphatic hydroxyl groups is 1. The van der Waals surface area contributed by atoms with Crippen molar-refractivity contribution >= 4 is 17.8 Å². The minimum absolute atomic E-state index is 0.367. The molecule has 0 aliphatic heterocycles. The Kier molecular flexibility index (Phi) is 4.70. The van der Waals surface area contributed by atoms with Crippen molar-refractivity contribution in [2.75, 3.05) is 0 Å². The largest absolute Gasteiger partial charge is 0.456 e. The summed E-state index contributed by atoms with van der Waals surface area (Å²) in [4.78, 5) is 3.98. The van der Waals surface area contributed by atoms with Gasteiger partial charge in [-0.05, 0) is 17.5 Å². The van der Waals surface area contributed by atoms with Gasteiger partial charge in [-0.25, -0.2) is 4.98 Å². The minimum atomic E-state index is -0.781. The van der Waals surface area contributed by atoms with Crippen LogP contribution in [0.5, 0.6) is 5.75 Å². The maximum atomic E-state index is 10.5. The van der Waals surface area contributed by atoms with Gasteiger partial charge in [-0.1, -0.05) is 44.5 Å². The van der Waals surface area contributed by atoms with E-state index in [4.69, 9.17) is 16.3 Å². The average molecular weight is 307 g/mol. The van der Waals surface area contributed by atoms with E-state index in [1.165, 1.54) is 0 Å². The average Bonchev–Trinajstić information content (AvgIpc) is 2.91. The van der Waals surface area contributed by atoms with Crippen LogP contribution in [0.1, 0.15) is 20.8 Å². The highest BCUT2D eigenvalue weighted by atomic mass is 35.5. The van der Waals surface area contributed by atoms with Gasteiger partial charge in [0.05, 0.1) is 17.5 Å². The Morgan fingerprint density at radius 2 is 2.10 bits per heavy atom. The molecule has 0 fully saturated rings. The van der Waals surface area contributed by atoms with Gasteiger partial charge in [-0.3, -0.25) is 0 Å². The number of benzene rings is 1. The maximum Gasteiger partial charge on any atom is 0.150 e. The number of ether oxygens (including phenoxy) is 1. The van der Waals surface area contributed by atoms with Gasteiger partial charge in [0.25, 0.3) is 0 Å². The summed E-state index contributed by atoms with van der Waals surface area (Å²) in [5, 5.41) is 11.0. The highest BCUT2D eigenvalue weighted by Crippen LogP contribution is 2.31. The second kappa shape index (κ2) is 6.33. The first kappa shape index (κ1) is 15.6. The molecule has 0 aliphatic carbocycles. The summed E-state index contributed by atoms with van der Waals surface area (Å²) in [6, 6.07) is 7.17. The zero-order valence-electron chi connectivity index (χ0n) is 12.3. The molecule has 0 spiro atoms. The fraction of sp³-hybridized carbons (Fsp3) is 0.312. The van der Waals surface area contributed by atoms with E-state index in [-0.39, 0.29) is 5.41 Å². The van der Waals surface area contributed by atoms with Crippen LogP contribution in [0.25, 0.3) is 6.20 Å². The van der Waals surface area contributed by atoms with E-state index >= 15 is 0 Å². The van der Waals surface area contributed by atoms with Crippen LogP contribution in [0.15, 0.2) is 48.7 Å². The Morgan fingerprint density at radius 3 is 2.67 bits per heavy atom. The maximum absolute atomic E-state index is 10.5. The van der Waals surface area contributed by atoms with Crippen molar-refractivity contribution in [2.24, 2.45) is 5.41 Å². The highest BCUT2D eigenvalue weighted by molar-refractivity contribution is 6.32. The zero-order valence-corrected chi connectivity index (χ0v) is 13.1. The standard InChI is InChI=1S/C16H19ClN2O2/c1-16(2,3)15(20)14(10-19-9-8-18-11-19)21-13-7-5-4-6-12(13)17/h4-11,15,20H,1-3H3/b14-10-. The molecule has 0 saturated carbocycles. The van der Waals surface area contributed by atoms with Crippen LogP contribution in [-0.2, 0) is 0 Å². The van der Waals surface area contributed by atoms with Gasteiger partial charge in [0.2, 0.25) is 0 Å². The van der Waals surface area contributed by atoms with Gasteiger partial charge >= 0.3 is 0 Å². The molecule has 0 amide bonds. The number of para-hydroxylation sites is 1. The lowest BCUT2D eigenvalue weighted by Gasteiger charge is -2.28. The first-order valence-corrected chi connectivity index (χ1v) is 7.05. The second-order valence-corrected chi connectivity index (χ2v) is 6.25. The van der Waals surface area contributed by atoms with Crippen LogP contribution >= 0.6 is 11.6 Å². The molecule has 21 heavy (non-hydrogen) atoms. The van der Waals surface area contributed by atoms with Gasteiger partial charge < -0.3 is 14.4 Å². The SMILES string of the molecule is CC(C)(C)C(O)/C(=C/n1ccnc1)Oc1ccccc1Cl. The number of nitrogens with zero attached hydrogens (tertiary/aromatic N) is 2. The predicted octanol–water partition coefficient (Wildman–Crippen LogP) is 3.82. The first-order chi connectivity index (χ1) is 9.88. The molecule has 5 heteroatoms. The Labute approximate surface area is 129 Å². The van der Waals surface area contributed by atoms with E-state index in [1.54, 1.807) is 41.6 Å².